The van der Waals surface area contributed by atoms with Crippen molar-refractivity contribution in [3.8, 4) is 0 Å². The summed E-state index contributed by atoms with van der Waals surface area (Å²) in [6, 6.07) is 24.2. The van der Waals surface area contributed by atoms with Gasteiger partial charge in [-0.15, -0.1) is 0 Å². The molecule has 284 valence electrons. The van der Waals surface area contributed by atoms with E-state index in [1.165, 1.54) is 4.90 Å². The van der Waals surface area contributed by atoms with Crippen molar-refractivity contribution in [1.82, 2.24) is 4.90 Å². The van der Waals surface area contributed by atoms with Gasteiger partial charge in [-0.25, -0.2) is 0 Å². The fourth-order valence-electron chi connectivity index (χ4n) is 9.36. The summed E-state index contributed by atoms with van der Waals surface area (Å²) in [6.45, 7) is 8.38. The first kappa shape index (κ1) is 39.1. The van der Waals surface area contributed by atoms with Crippen LogP contribution in [0.5, 0.6) is 0 Å². The van der Waals surface area contributed by atoms with Crippen molar-refractivity contribution < 1.29 is 33.8 Å². The molecule has 2 amide bonds. The second kappa shape index (κ2) is 16.8. The third-order valence-electron chi connectivity index (χ3n) is 12.0. The van der Waals surface area contributed by atoms with Crippen molar-refractivity contribution in [2.24, 2.45) is 17.8 Å². The van der Waals surface area contributed by atoms with Crippen LogP contribution >= 0.6 is 0 Å². The van der Waals surface area contributed by atoms with E-state index >= 15 is 0 Å². The first-order valence-electron chi connectivity index (χ1n) is 19.6. The first-order chi connectivity index (χ1) is 25.5. The van der Waals surface area contributed by atoms with E-state index in [1.54, 1.807) is 6.07 Å². The predicted molar refractivity (Wildman–Crippen MR) is 210 cm³/mol. The molecule has 0 radical (unpaired) electrons. The van der Waals surface area contributed by atoms with Crippen LogP contribution < -0.4 is 10.4 Å². The number of carbonyl (C=O) groups excluding carboxylic acids is 2. The number of aliphatic hydroxyl groups excluding tert-OH is 3. The number of likely N-dealkylation sites (tertiary alicyclic amines) is 1. The molecule has 3 aromatic rings. The maximum Gasteiger partial charge on any atom is 0.261 e. The van der Waals surface area contributed by atoms with Crippen LogP contribution in [0, 0.1) is 17.8 Å². The summed E-state index contributed by atoms with van der Waals surface area (Å²) in [7, 11) is -3.00. The summed E-state index contributed by atoms with van der Waals surface area (Å²) in [5, 5.41) is 34.8. The summed E-state index contributed by atoms with van der Waals surface area (Å²) in [4.78, 5) is 30.1. The molecule has 9 heteroatoms. The van der Waals surface area contributed by atoms with Gasteiger partial charge in [0.2, 0.25) is 11.8 Å². The van der Waals surface area contributed by atoms with Gasteiger partial charge in [-0.2, -0.15) is 0 Å². The van der Waals surface area contributed by atoms with Crippen molar-refractivity contribution >= 4 is 36.6 Å². The number of benzene rings is 2. The summed E-state index contributed by atoms with van der Waals surface area (Å²) < 4.78 is 13.1. The van der Waals surface area contributed by atoms with E-state index in [9.17, 15) is 24.9 Å². The van der Waals surface area contributed by atoms with Crippen molar-refractivity contribution in [1.29, 1.82) is 0 Å². The second-order valence-corrected chi connectivity index (χ2v) is 20.5. The van der Waals surface area contributed by atoms with E-state index in [4.69, 9.17) is 8.84 Å². The Kier molecular flexibility index (Phi) is 12.4. The number of carbonyl (C=O) groups is 2. The van der Waals surface area contributed by atoms with Gasteiger partial charge in [0, 0.05) is 12.0 Å². The predicted octanol–water partition coefficient (Wildman–Crippen LogP) is 6.53. The summed E-state index contributed by atoms with van der Waals surface area (Å²) in [5.41, 5.74) is 2.53. The van der Waals surface area contributed by atoms with Gasteiger partial charge in [-0.3, -0.25) is 14.5 Å². The number of hydrogen-bond donors (Lipinski definition) is 3. The highest BCUT2D eigenvalue weighted by Crippen LogP contribution is 2.48. The minimum absolute atomic E-state index is 0.107. The molecule has 2 aromatic carbocycles. The standard InChI is InChI=1S/C44H57NO7Si/c1-5-30(25-33-22-23-34(27-46)52-33)21-24-39(48)40-31(26-37-41(38(40)28-47)43(50)45(42(37)49)32-15-9-6-10-16-32)29-51-53(44(2,3)4,35-17-11-7-12-18-35)36-19-13-8-14-20-36/h7-8,11-14,17-20,22-23,25,32,37-39,41,46-48H,5-6,9-10,15-16,21,24,26-29H2,1-4H3/b30-25+/t37-,38+,39-,41-/m1/s1. The Morgan fingerprint density at radius 3 is 2.13 bits per heavy atom. The topological polar surface area (TPSA) is 120 Å². The Morgan fingerprint density at radius 2 is 1.58 bits per heavy atom. The zero-order valence-electron chi connectivity index (χ0n) is 31.8. The van der Waals surface area contributed by atoms with E-state index in [2.05, 4.69) is 52.0 Å². The number of nitrogens with zero attached hydrogens (tertiary/aromatic N) is 1. The molecule has 4 atom stereocenters. The molecule has 3 N–H and O–H groups in total. The molecule has 1 aromatic heterocycles. The summed E-state index contributed by atoms with van der Waals surface area (Å²) in [6.07, 6.45) is 7.70. The van der Waals surface area contributed by atoms with Gasteiger partial charge in [0.1, 0.15) is 18.1 Å². The molecule has 0 unspecified atom stereocenters. The Bertz CT molecular complexity index is 1730. The molecule has 6 rings (SSSR count). The lowest BCUT2D eigenvalue weighted by Crippen LogP contribution is -2.66. The number of rotatable bonds is 14. The molecule has 1 saturated heterocycles. The zero-order valence-corrected chi connectivity index (χ0v) is 32.8. The molecule has 2 fully saturated rings. The average Bonchev–Trinajstić information content (AvgIpc) is 3.73. The molecule has 2 aliphatic carbocycles. The van der Waals surface area contributed by atoms with E-state index in [1.807, 2.05) is 48.5 Å². The largest absolute Gasteiger partial charge is 0.459 e. The molecule has 8 nitrogen and oxygen atoms in total. The number of aliphatic hydroxyl groups is 3. The second-order valence-electron chi connectivity index (χ2n) is 16.1. The maximum atomic E-state index is 14.3. The van der Waals surface area contributed by atoms with E-state index in [-0.39, 0.29) is 42.7 Å². The normalized spacial score (nSPS) is 22.4. The van der Waals surface area contributed by atoms with Crippen LogP contribution in [0.2, 0.25) is 5.04 Å². The number of fused-ring (bicyclic) bond motifs is 1. The van der Waals surface area contributed by atoms with Crippen molar-refractivity contribution in [2.75, 3.05) is 13.2 Å². The molecule has 2 heterocycles. The van der Waals surface area contributed by atoms with E-state index in [0.29, 0.717) is 36.4 Å². The van der Waals surface area contributed by atoms with Crippen LogP contribution in [-0.4, -0.2) is 65.7 Å². The maximum absolute atomic E-state index is 14.3. The fourth-order valence-corrected chi connectivity index (χ4v) is 13.9. The lowest BCUT2D eigenvalue weighted by atomic mass is 9.68. The minimum Gasteiger partial charge on any atom is -0.459 e. The van der Waals surface area contributed by atoms with Crippen molar-refractivity contribution in [3.05, 3.63) is 101 Å². The zero-order chi connectivity index (χ0) is 37.8. The molecule has 53 heavy (non-hydrogen) atoms. The van der Waals surface area contributed by atoms with Crippen LogP contribution in [0.15, 0.2) is 93.9 Å². The van der Waals surface area contributed by atoms with Gasteiger partial charge in [0.05, 0.1) is 31.2 Å². The molecule has 1 saturated carbocycles. The molecular weight excluding hydrogens is 683 g/mol. The van der Waals surface area contributed by atoms with Gasteiger partial charge in [0.15, 0.2) is 0 Å². The van der Waals surface area contributed by atoms with Crippen LogP contribution in [-0.2, 0) is 20.6 Å². The Morgan fingerprint density at radius 1 is 0.943 bits per heavy atom. The summed E-state index contributed by atoms with van der Waals surface area (Å²) in [5.74, 6) is -1.21. The van der Waals surface area contributed by atoms with E-state index < -0.39 is 32.2 Å². The van der Waals surface area contributed by atoms with Gasteiger partial charge >= 0.3 is 0 Å². The minimum atomic E-state index is -3.00. The fraction of sp³-hybridized carbons (Fsp3) is 0.500. The summed E-state index contributed by atoms with van der Waals surface area (Å²) >= 11 is 0. The monoisotopic (exact) mass is 739 g/mol. The molecule has 0 bridgehead atoms. The smallest absolute Gasteiger partial charge is 0.261 e. The highest BCUT2D eigenvalue weighted by molar-refractivity contribution is 6.99. The quantitative estimate of drug-likeness (QED) is 0.0978. The van der Waals surface area contributed by atoms with Gasteiger partial charge < -0.3 is 24.2 Å². The van der Waals surface area contributed by atoms with Crippen LogP contribution in [0.4, 0.5) is 0 Å². The lowest BCUT2D eigenvalue weighted by molar-refractivity contribution is -0.143. The van der Waals surface area contributed by atoms with Gasteiger partial charge in [-0.1, -0.05) is 113 Å². The van der Waals surface area contributed by atoms with Crippen LogP contribution in [0.3, 0.4) is 0 Å². The number of hydrogen-bond acceptors (Lipinski definition) is 7. The molecule has 1 aliphatic heterocycles. The van der Waals surface area contributed by atoms with E-state index in [0.717, 1.165) is 60.0 Å². The van der Waals surface area contributed by atoms with Crippen molar-refractivity contribution in [3.63, 3.8) is 0 Å². The SMILES string of the molecule is CC/C(=C\c1ccc(CO)o1)CC[C@@H](O)C1=C(CO[Si](c2ccccc2)(c2ccccc2)C(C)(C)C)C[C@H]2C(=O)N(C3CCCCC3)C(=O)[C@H]2[C@H]1CO. The lowest BCUT2D eigenvalue weighted by Gasteiger charge is -2.44. The highest BCUT2D eigenvalue weighted by atomic mass is 28.4. The van der Waals surface area contributed by atoms with Gasteiger partial charge in [0.25, 0.3) is 8.32 Å². The Hall–Kier alpha value is -3.60. The highest BCUT2D eigenvalue weighted by Gasteiger charge is 2.57. The first-order valence-corrected chi connectivity index (χ1v) is 21.5. The Balaban J connectivity index is 1.40. The number of furan rings is 1. The Labute approximate surface area is 315 Å². The molecule has 0 spiro atoms. The van der Waals surface area contributed by atoms with Crippen molar-refractivity contribution in [2.45, 2.75) is 109 Å². The van der Waals surface area contributed by atoms with Crippen LogP contribution in [0.25, 0.3) is 6.08 Å². The number of allylic oxidation sites excluding steroid dienone is 1. The third kappa shape index (κ3) is 7.82. The number of amides is 2. The molecular formula is C44H57NO7Si. The third-order valence-corrected chi connectivity index (χ3v) is 17.0. The van der Waals surface area contributed by atoms with Crippen LogP contribution in [0.1, 0.15) is 97.0 Å². The number of imide groups is 1. The molecule has 3 aliphatic rings. The average molecular weight is 740 g/mol. The van der Waals surface area contributed by atoms with Gasteiger partial charge in [-0.05, 0) is 83.3 Å².